The molecule has 0 radical (unpaired) electrons. The van der Waals surface area contributed by atoms with E-state index in [-0.39, 0.29) is 11.3 Å². The lowest BCUT2D eigenvalue weighted by molar-refractivity contribution is 0.0693. The number of carboxylic acids is 1. The van der Waals surface area contributed by atoms with E-state index in [1.165, 1.54) is 5.57 Å². The van der Waals surface area contributed by atoms with Gasteiger partial charge in [-0.05, 0) is 63.0 Å². The third-order valence-corrected chi connectivity index (χ3v) is 4.94. The molecule has 1 aliphatic rings. The third kappa shape index (κ3) is 4.77. The Kier molecular flexibility index (Phi) is 5.92. The fourth-order valence-corrected chi connectivity index (χ4v) is 3.36. The van der Waals surface area contributed by atoms with Gasteiger partial charge in [0.25, 0.3) is 0 Å². The molecule has 2 aromatic rings. The van der Waals surface area contributed by atoms with E-state index < -0.39 is 11.6 Å². The molecular formula is C25H26O4. The zero-order valence-corrected chi connectivity index (χ0v) is 17.0. The van der Waals surface area contributed by atoms with Gasteiger partial charge in [0.05, 0.1) is 5.56 Å². The monoisotopic (exact) mass is 390 g/mol. The number of phenols is 1. The van der Waals surface area contributed by atoms with Gasteiger partial charge < -0.3 is 14.9 Å². The molecule has 150 valence electrons. The number of carboxylic acid groups (broad SMARTS) is 1. The van der Waals surface area contributed by atoms with Gasteiger partial charge in [-0.15, -0.1) is 0 Å². The lowest BCUT2D eigenvalue weighted by Crippen LogP contribution is -2.31. The molecule has 0 amide bonds. The molecule has 1 heterocycles. The van der Waals surface area contributed by atoms with Crippen molar-refractivity contribution in [3.63, 3.8) is 0 Å². The van der Waals surface area contributed by atoms with Crippen LogP contribution in [0.2, 0.25) is 0 Å². The highest BCUT2D eigenvalue weighted by molar-refractivity contribution is 5.98. The van der Waals surface area contributed by atoms with Gasteiger partial charge in [0.2, 0.25) is 0 Å². The first-order valence-electron chi connectivity index (χ1n) is 9.67. The summed E-state index contributed by atoms with van der Waals surface area (Å²) in [5, 5.41) is 20.3. The molecule has 0 saturated carbocycles. The van der Waals surface area contributed by atoms with E-state index in [0.717, 1.165) is 18.4 Å². The first-order chi connectivity index (χ1) is 13.8. The standard InChI is InChI=1S/C25H26O4/c1-17(2)8-7-14-25(3)15-13-20-21(29-25)16-19(22(23(20)26)24(27)28)12-11-18-9-5-4-6-10-18/h4-6,8-13,15-16,26H,7,14H2,1-3H3,(H,27,28)/t25-/m0/s1. The number of aromatic carboxylic acids is 1. The second-order valence-electron chi connectivity index (χ2n) is 7.72. The minimum atomic E-state index is -1.18. The largest absolute Gasteiger partial charge is 0.506 e. The zero-order chi connectivity index (χ0) is 21.0. The van der Waals surface area contributed by atoms with Crippen molar-refractivity contribution < 1.29 is 19.7 Å². The van der Waals surface area contributed by atoms with E-state index in [9.17, 15) is 15.0 Å². The van der Waals surface area contributed by atoms with Crippen LogP contribution in [0.15, 0.2) is 54.1 Å². The minimum absolute atomic E-state index is 0.127. The SMILES string of the molecule is CC(C)=CCC[C@@]1(C)C=Cc2c(cc(C=Cc3ccccc3)c(C(=O)O)c2O)O1. The molecule has 3 rings (SSSR count). The van der Waals surface area contributed by atoms with Crippen LogP contribution in [0, 0.1) is 0 Å². The summed E-state index contributed by atoms with van der Waals surface area (Å²) < 4.78 is 6.21. The molecule has 0 spiro atoms. The van der Waals surface area contributed by atoms with Gasteiger partial charge in [-0.25, -0.2) is 4.79 Å². The van der Waals surface area contributed by atoms with E-state index in [1.54, 1.807) is 18.2 Å². The predicted octanol–water partition coefficient (Wildman–Crippen LogP) is 6.17. The van der Waals surface area contributed by atoms with E-state index in [1.807, 2.05) is 49.4 Å². The number of ether oxygens (including phenoxy) is 1. The molecule has 0 fully saturated rings. The number of carbonyl (C=O) groups is 1. The second-order valence-corrected chi connectivity index (χ2v) is 7.72. The summed E-state index contributed by atoms with van der Waals surface area (Å²) in [4.78, 5) is 11.8. The normalized spacial score (nSPS) is 17.6. The van der Waals surface area contributed by atoms with Crippen molar-refractivity contribution in [2.24, 2.45) is 0 Å². The summed E-state index contributed by atoms with van der Waals surface area (Å²) in [6.07, 6.45) is 11.0. The van der Waals surface area contributed by atoms with Gasteiger partial charge in [0.1, 0.15) is 22.7 Å². The maximum Gasteiger partial charge on any atom is 0.340 e. The van der Waals surface area contributed by atoms with E-state index in [2.05, 4.69) is 19.9 Å². The van der Waals surface area contributed by atoms with Crippen LogP contribution in [0.4, 0.5) is 0 Å². The number of hydrogen-bond acceptors (Lipinski definition) is 3. The van der Waals surface area contributed by atoms with Gasteiger partial charge in [-0.2, -0.15) is 0 Å². The molecule has 1 aliphatic heterocycles. The highest BCUT2D eigenvalue weighted by Crippen LogP contribution is 2.42. The van der Waals surface area contributed by atoms with Crippen LogP contribution < -0.4 is 4.74 Å². The molecule has 0 unspecified atom stereocenters. The fraction of sp³-hybridized carbons (Fsp3) is 0.240. The first kappa shape index (κ1) is 20.5. The molecule has 2 N–H and O–H groups in total. The first-order valence-corrected chi connectivity index (χ1v) is 9.67. The zero-order valence-electron chi connectivity index (χ0n) is 17.0. The molecule has 2 aromatic carbocycles. The Bertz CT molecular complexity index is 995. The Hall–Kier alpha value is -3.27. The average molecular weight is 390 g/mol. The Morgan fingerprint density at radius 2 is 1.90 bits per heavy atom. The minimum Gasteiger partial charge on any atom is -0.506 e. The highest BCUT2D eigenvalue weighted by Gasteiger charge is 2.30. The summed E-state index contributed by atoms with van der Waals surface area (Å²) in [6, 6.07) is 11.3. The van der Waals surface area contributed by atoms with Crippen molar-refractivity contribution in [2.45, 2.75) is 39.2 Å². The van der Waals surface area contributed by atoms with Crippen molar-refractivity contribution >= 4 is 24.2 Å². The van der Waals surface area contributed by atoms with Crippen LogP contribution >= 0.6 is 0 Å². The number of aromatic hydroxyl groups is 1. The van der Waals surface area contributed by atoms with Gasteiger partial charge in [0, 0.05) is 0 Å². The molecule has 0 bridgehead atoms. The molecule has 29 heavy (non-hydrogen) atoms. The molecular weight excluding hydrogens is 364 g/mol. The Morgan fingerprint density at radius 1 is 1.17 bits per heavy atom. The van der Waals surface area contributed by atoms with Crippen LogP contribution in [-0.4, -0.2) is 21.8 Å². The third-order valence-electron chi connectivity index (χ3n) is 4.94. The van der Waals surface area contributed by atoms with Crippen molar-refractivity contribution in [1.82, 2.24) is 0 Å². The van der Waals surface area contributed by atoms with Gasteiger partial charge in [0.15, 0.2) is 0 Å². The van der Waals surface area contributed by atoms with Crippen LogP contribution in [0.3, 0.4) is 0 Å². The summed E-state index contributed by atoms with van der Waals surface area (Å²) in [5.74, 6) is -0.962. The quantitative estimate of drug-likeness (QED) is 0.457. The lowest BCUT2D eigenvalue weighted by atomic mass is 9.92. The molecule has 4 heteroatoms. The van der Waals surface area contributed by atoms with Crippen molar-refractivity contribution in [3.05, 3.63) is 76.4 Å². The molecule has 1 atom stereocenters. The maximum absolute atomic E-state index is 11.8. The fourth-order valence-electron chi connectivity index (χ4n) is 3.36. The Labute approximate surface area is 171 Å². The Morgan fingerprint density at radius 3 is 2.55 bits per heavy atom. The topological polar surface area (TPSA) is 66.8 Å². The molecule has 0 aromatic heterocycles. The van der Waals surface area contributed by atoms with Crippen molar-refractivity contribution in [3.8, 4) is 11.5 Å². The van der Waals surface area contributed by atoms with Gasteiger partial charge in [-0.3, -0.25) is 0 Å². The van der Waals surface area contributed by atoms with Crippen molar-refractivity contribution in [1.29, 1.82) is 0 Å². The molecule has 4 nitrogen and oxygen atoms in total. The number of hydrogen-bond donors (Lipinski definition) is 2. The van der Waals surface area contributed by atoms with Crippen molar-refractivity contribution in [2.75, 3.05) is 0 Å². The predicted molar refractivity (Wildman–Crippen MR) is 117 cm³/mol. The summed E-state index contributed by atoms with van der Waals surface area (Å²) >= 11 is 0. The number of allylic oxidation sites excluding steroid dienone is 2. The highest BCUT2D eigenvalue weighted by atomic mass is 16.5. The molecule has 0 aliphatic carbocycles. The summed E-state index contributed by atoms with van der Waals surface area (Å²) in [6.45, 7) is 6.12. The smallest absolute Gasteiger partial charge is 0.340 e. The molecule has 0 saturated heterocycles. The Balaban J connectivity index is 1.98. The average Bonchev–Trinajstić information content (AvgIpc) is 2.66. The van der Waals surface area contributed by atoms with E-state index >= 15 is 0 Å². The summed E-state index contributed by atoms with van der Waals surface area (Å²) in [7, 11) is 0. The lowest BCUT2D eigenvalue weighted by Gasteiger charge is -2.32. The maximum atomic E-state index is 11.8. The van der Waals surface area contributed by atoms with Gasteiger partial charge >= 0.3 is 5.97 Å². The number of rotatable bonds is 6. The summed E-state index contributed by atoms with van der Waals surface area (Å²) in [5.41, 5.74) is 2.35. The van der Waals surface area contributed by atoms with Gasteiger partial charge in [-0.1, -0.05) is 54.1 Å². The second kappa shape index (κ2) is 8.39. The number of fused-ring (bicyclic) bond motifs is 1. The van der Waals surface area contributed by atoms with Crippen LogP contribution in [0.1, 0.15) is 60.7 Å². The van der Waals surface area contributed by atoms with E-state index in [4.69, 9.17) is 4.74 Å². The van der Waals surface area contributed by atoms with Crippen LogP contribution in [0.25, 0.3) is 18.2 Å². The van der Waals surface area contributed by atoms with Crippen LogP contribution in [-0.2, 0) is 0 Å². The van der Waals surface area contributed by atoms with Crippen LogP contribution in [0.5, 0.6) is 11.5 Å². The van der Waals surface area contributed by atoms with E-state index in [0.29, 0.717) is 16.9 Å². The number of benzene rings is 2.